The molecule has 1 aromatic carbocycles. The molecule has 0 aliphatic carbocycles. The molecule has 0 radical (unpaired) electrons. The number of hydrogen-bond acceptors (Lipinski definition) is 2. The maximum absolute atomic E-state index is 13.4. The normalized spacial score (nSPS) is 22.9. The first-order chi connectivity index (χ1) is 9.43. The van der Waals surface area contributed by atoms with Gasteiger partial charge in [0.15, 0.2) is 11.6 Å². The summed E-state index contributed by atoms with van der Waals surface area (Å²) in [6.45, 7) is 6.51. The Balaban J connectivity index is 2.26. The summed E-state index contributed by atoms with van der Waals surface area (Å²) in [5, 5.41) is 3.22. The zero-order valence-corrected chi connectivity index (χ0v) is 12.0. The molecule has 5 heteroatoms. The van der Waals surface area contributed by atoms with E-state index >= 15 is 0 Å². The van der Waals surface area contributed by atoms with Crippen LogP contribution in [0.2, 0.25) is 0 Å². The molecule has 1 heterocycles. The van der Waals surface area contributed by atoms with E-state index in [0.717, 1.165) is 18.6 Å². The van der Waals surface area contributed by atoms with Crippen LogP contribution < -0.4 is 5.32 Å². The summed E-state index contributed by atoms with van der Waals surface area (Å²) in [7, 11) is 0. The maximum Gasteiger partial charge on any atom is 0.241 e. The van der Waals surface area contributed by atoms with Crippen molar-refractivity contribution >= 4 is 5.91 Å². The van der Waals surface area contributed by atoms with Gasteiger partial charge in [0.2, 0.25) is 5.91 Å². The minimum Gasteiger partial charge on any atom is -0.322 e. The molecule has 3 nitrogen and oxygen atoms in total. The highest BCUT2D eigenvalue weighted by atomic mass is 19.2. The Hall–Kier alpha value is -1.49. The van der Waals surface area contributed by atoms with Gasteiger partial charge in [-0.1, -0.05) is 19.9 Å². The second kappa shape index (κ2) is 5.87. The standard InChI is InChI=1S/C15H20F2N2O/c1-4-19-14(10-5-6-11(16)12(17)8-10)18-13(15(19)20)7-9(2)3/h5-6,8-9,13-14,18H,4,7H2,1-3H3. The number of nitrogens with zero attached hydrogens (tertiary/aromatic N) is 1. The van der Waals surface area contributed by atoms with E-state index in [4.69, 9.17) is 0 Å². The Kier molecular flexibility index (Phi) is 4.38. The number of benzene rings is 1. The van der Waals surface area contributed by atoms with Gasteiger partial charge in [-0.15, -0.1) is 0 Å². The molecular weight excluding hydrogens is 262 g/mol. The van der Waals surface area contributed by atoms with Crippen LogP contribution in [0.25, 0.3) is 0 Å². The molecule has 1 aliphatic rings. The fraction of sp³-hybridized carbons (Fsp3) is 0.533. The van der Waals surface area contributed by atoms with E-state index in [1.165, 1.54) is 6.07 Å². The molecular formula is C15H20F2N2O. The fourth-order valence-corrected chi connectivity index (χ4v) is 2.62. The lowest BCUT2D eigenvalue weighted by Crippen LogP contribution is -2.31. The van der Waals surface area contributed by atoms with Crippen LogP contribution in [0.15, 0.2) is 18.2 Å². The van der Waals surface area contributed by atoms with Crippen molar-refractivity contribution in [2.75, 3.05) is 6.54 Å². The average Bonchev–Trinajstić information content (AvgIpc) is 2.69. The third kappa shape index (κ3) is 2.82. The Morgan fingerprint density at radius 2 is 2.00 bits per heavy atom. The summed E-state index contributed by atoms with van der Waals surface area (Å²) in [5.74, 6) is -1.35. The second-order valence-corrected chi connectivity index (χ2v) is 5.55. The predicted octanol–water partition coefficient (Wildman–Crippen LogP) is 2.83. The van der Waals surface area contributed by atoms with Gasteiger partial charge in [-0.2, -0.15) is 0 Å². The monoisotopic (exact) mass is 282 g/mol. The smallest absolute Gasteiger partial charge is 0.241 e. The highest BCUT2D eigenvalue weighted by Crippen LogP contribution is 2.28. The average molecular weight is 282 g/mol. The second-order valence-electron chi connectivity index (χ2n) is 5.55. The molecule has 1 saturated heterocycles. The zero-order chi connectivity index (χ0) is 14.9. The lowest BCUT2D eigenvalue weighted by molar-refractivity contribution is -0.130. The highest BCUT2D eigenvalue weighted by molar-refractivity contribution is 5.84. The summed E-state index contributed by atoms with van der Waals surface area (Å²) in [6, 6.07) is 3.51. The van der Waals surface area contributed by atoms with Gasteiger partial charge in [0.05, 0.1) is 6.04 Å². The topological polar surface area (TPSA) is 32.3 Å². The first-order valence-electron chi connectivity index (χ1n) is 6.95. The van der Waals surface area contributed by atoms with E-state index in [1.807, 2.05) is 6.92 Å². The third-order valence-electron chi connectivity index (χ3n) is 3.56. The minimum absolute atomic E-state index is 0.0240. The van der Waals surface area contributed by atoms with Crippen LogP contribution >= 0.6 is 0 Å². The van der Waals surface area contributed by atoms with Gasteiger partial charge >= 0.3 is 0 Å². The van der Waals surface area contributed by atoms with Gasteiger partial charge in [0.1, 0.15) is 6.17 Å². The molecule has 2 atom stereocenters. The van der Waals surface area contributed by atoms with E-state index in [9.17, 15) is 13.6 Å². The zero-order valence-electron chi connectivity index (χ0n) is 12.0. The number of likely N-dealkylation sites (N-methyl/N-ethyl adjacent to an activating group) is 1. The van der Waals surface area contributed by atoms with Crippen LogP contribution in [0.3, 0.4) is 0 Å². The van der Waals surface area contributed by atoms with Crippen LogP contribution in [-0.4, -0.2) is 23.4 Å². The molecule has 1 N–H and O–H groups in total. The lowest BCUT2D eigenvalue weighted by atomic mass is 10.0. The van der Waals surface area contributed by atoms with Gasteiger partial charge in [0.25, 0.3) is 0 Å². The highest BCUT2D eigenvalue weighted by Gasteiger charge is 2.38. The Labute approximate surface area is 118 Å². The van der Waals surface area contributed by atoms with Crippen molar-refractivity contribution in [3.8, 4) is 0 Å². The molecule has 1 fully saturated rings. The third-order valence-corrected chi connectivity index (χ3v) is 3.56. The molecule has 2 unspecified atom stereocenters. The van der Waals surface area contributed by atoms with E-state index in [1.54, 1.807) is 4.90 Å². The van der Waals surface area contributed by atoms with Crippen LogP contribution in [0, 0.1) is 17.6 Å². The molecule has 1 aromatic rings. The maximum atomic E-state index is 13.4. The number of carbonyl (C=O) groups excluding carboxylic acids is 1. The quantitative estimate of drug-likeness (QED) is 0.921. The van der Waals surface area contributed by atoms with Crippen LogP contribution in [0.1, 0.15) is 38.9 Å². The molecule has 110 valence electrons. The van der Waals surface area contributed by atoms with Crippen molar-refractivity contribution in [2.45, 2.75) is 39.4 Å². The van der Waals surface area contributed by atoms with Gasteiger partial charge in [-0.25, -0.2) is 8.78 Å². The summed E-state index contributed by atoms with van der Waals surface area (Å²) < 4.78 is 26.4. The number of amides is 1. The Morgan fingerprint density at radius 3 is 2.55 bits per heavy atom. The van der Waals surface area contributed by atoms with Crippen molar-refractivity contribution in [1.29, 1.82) is 0 Å². The molecule has 0 spiro atoms. The number of nitrogens with one attached hydrogen (secondary N) is 1. The SMILES string of the molecule is CCN1C(=O)C(CC(C)C)NC1c1ccc(F)c(F)c1. The molecule has 0 saturated carbocycles. The summed E-state index contributed by atoms with van der Waals surface area (Å²) in [6.07, 6.45) is 0.349. The number of carbonyl (C=O) groups is 1. The van der Waals surface area contributed by atoms with E-state index in [2.05, 4.69) is 19.2 Å². The number of hydrogen-bond donors (Lipinski definition) is 1. The molecule has 20 heavy (non-hydrogen) atoms. The number of halogens is 2. The van der Waals surface area contributed by atoms with Gasteiger partial charge in [-0.05, 0) is 37.0 Å². The first-order valence-corrected chi connectivity index (χ1v) is 6.95. The first kappa shape index (κ1) is 14.9. The Bertz CT molecular complexity index is 505. The van der Waals surface area contributed by atoms with Gasteiger partial charge < -0.3 is 4.90 Å². The summed E-state index contributed by atoms with van der Waals surface area (Å²) in [4.78, 5) is 14.0. The van der Waals surface area contributed by atoms with E-state index in [0.29, 0.717) is 18.0 Å². The lowest BCUT2D eigenvalue weighted by Gasteiger charge is -2.22. The molecule has 1 aliphatic heterocycles. The van der Waals surface area contributed by atoms with Crippen LogP contribution in [0.4, 0.5) is 8.78 Å². The van der Waals surface area contributed by atoms with Gasteiger partial charge in [0, 0.05) is 6.54 Å². The molecule has 1 amide bonds. The Morgan fingerprint density at radius 1 is 1.30 bits per heavy atom. The number of rotatable bonds is 4. The molecule has 0 aromatic heterocycles. The van der Waals surface area contributed by atoms with Crippen molar-refractivity contribution in [3.05, 3.63) is 35.4 Å². The molecule has 0 bridgehead atoms. The largest absolute Gasteiger partial charge is 0.322 e. The van der Waals surface area contributed by atoms with Crippen LogP contribution in [0.5, 0.6) is 0 Å². The summed E-state index contributed by atoms with van der Waals surface area (Å²) >= 11 is 0. The fourth-order valence-electron chi connectivity index (χ4n) is 2.62. The van der Waals surface area contributed by atoms with E-state index in [-0.39, 0.29) is 18.1 Å². The van der Waals surface area contributed by atoms with Crippen molar-refractivity contribution in [2.24, 2.45) is 5.92 Å². The summed E-state index contributed by atoms with van der Waals surface area (Å²) in [5.41, 5.74) is 0.574. The van der Waals surface area contributed by atoms with Gasteiger partial charge in [-0.3, -0.25) is 10.1 Å². The molecule has 2 rings (SSSR count). The van der Waals surface area contributed by atoms with Crippen molar-refractivity contribution in [1.82, 2.24) is 10.2 Å². The van der Waals surface area contributed by atoms with Crippen molar-refractivity contribution < 1.29 is 13.6 Å². The minimum atomic E-state index is -0.889. The van der Waals surface area contributed by atoms with Crippen LogP contribution in [-0.2, 0) is 4.79 Å². The van der Waals surface area contributed by atoms with E-state index < -0.39 is 11.6 Å². The predicted molar refractivity (Wildman–Crippen MR) is 72.9 cm³/mol. The van der Waals surface area contributed by atoms with Crippen molar-refractivity contribution in [3.63, 3.8) is 0 Å².